The molecule has 0 bridgehead atoms. The summed E-state index contributed by atoms with van der Waals surface area (Å²) in [5, 5.41) is 12.5. The fraction of sp³-hybridized carbons (Fsp3) is 0.0435. The number of rotatable bonds is 6. The molecule has 0 aliphatic heterocycles. The lowest BCUT2D eigenvalue weighted by atomic mass is 10.1. The van der Waals surface area contributed by atoms with E-state index in [9.17, 15) is 14.4 Å². The molecule has 0 unspecified atom stereocenters. The van der Waals surface area contributed by atoms with Gasteiger partial charge >= 0.3 is 0 Å². The van der Waals surface area contributed by atoms with Gasteiger partial charge in [0.15, 0.2) is 0 Å². The number of benzene rings is 3. The van der Waals surface area contributed by atoms with E-state index in [4.69, 9.17) is 16.3 Å². The molecule has 0 heterocycles. The second-order valence-corrected chi connectivity index (χ2v) is 7.55. The lowest BCUT2D eigenvalue weighted by Gasteiger charge is -2.11. The van der Waals surface area contributed by atoms with Crippen molar-refractivity contribution in [1.29, 1.82) is 5.26 Å². The summed E-state index contributed by atoms with van der Waals surface area (Å²) in [6.45, 7) is 0.281. The van der Waals surface area contributed by atoms with Crippen LogP contribution in [-0.4, -0.2) is 5.91 Å². The first kappa shape index (κ1) is 21.6. The predicted octanol–water partition coefficient (Wildman–Crippen LogP) is 6.37. The molecule has 3 rings (SSSR count). The van der Waals surface area contributed by atoms with Gasteiger partial charge < -0.3 is 10.1 Å². The van der Waals surface area contributed by atoms with Crippen molar-refractivity contribution < 1.29 is 13.9 Å². The maximum atomic E-state index is 13.8. The maximum Gasteiger partial charge on any atom is 0.266 e. The average Bonchev–Trinajstić information content (AvgIpc) is 2.74. The Morgan fingerprint density at radius 1 is 1.17 bits per heavy atom. The van der Waals surface area contributed by atoms with Crippen molar-refractivity contribution in [2.45, 2.75) is 6.61 Å². The Labute approximate surface area is 186 Å². The third-order valence-corrected chi connectivity index (χ3v) is 4.81. The van der Waals surface area contributed by atoms with Crippen LogP contribution in [0.2, 0.25) is 5.02 Å². The van der Waals surface area contributed by atoms with Gasteiger partial charge in [0.2, 0.25) is 0 Å². The Morgan fingerprint density at radius 2 is 1.90 bits per heavy atom. The first-order valence-corrected chi connectivity index (χ1v) is 9.98. The highest BCUT2D eigenvalue weighted by molar-refractivity contribution is 9.10. The molecule has 0 atom stereocenters. The Morgan fingerprint density at radius 3 is 2.60 bits per heavy atom. The minimum atomic E-state index is -0.716. The third-order valence-electron chi connectivity index (χ3n) is 4.07. The van der Waals surface area contributed by atoms with Crippen LogP contribution in [0.3, 0.4) is 0 Å². The summed E-state index contributed by atoms with van der Waals surface area (Å²) in [6, 6.07) is 20.1. The van der Waals surface area contributed by atoms with Crippen molar-refractivity contribution in [3.63, 3.8) is 0 Å². The summed E-state index contributed by atoms with van der Waals surface area (Å²) >= 11 is 9.28. The molecule has 1 amide bonds. The van der Waals surface area contributed by atoms with Crippen LogP contribution >= 0.6 is 27.5 Å². The second-order valence-electron chi connectivity index (χ2n) is 6.20. The topological polar surface area (TPSA) is 62.1 Å². The van der Waals surface area contributed by atoms with Gasteiger partial charge in [0.05, 0.1) is 5.69 Å². The van der Waals surface area contributed by atoms with Crippen molar-refractivity contribution in [1.82, 2.24) is 0 Å². The zero-order valence-corrected chi connectivity index (χ0v) is 17.9. The normalized spacial score (nSPS) is 10.9. The van der Waals surface area contributed by atoms with Crippen molar-refractivity contribution in [2.24, 2.45) is 0 Å². The van der Waals surface area contributed by atoms with Gasteiger partial charge in [0, 0.05) is 15.1 Å². The monoisotopic (exact) mass is 484 g/mol. The quantitative estimate of drug-likeness (QED) is 0.326. The molecule has 0 saturated carbocycles. The summed E-state index contributed by atoms with van der Waals surface area (Å²) < 4.78 is 20.4. The summed E-state index contributed by atoms with van der Waals surface area (Å²) in [5.74, 6) is -0.816. The molecule has 0 aliphatic carbocycles. The number of anilines is 1. The largest absolute Gasteiger partial charge is 0.488 e. The molecule has 0 fully saturated rings. The zero-order chi connectivity index (χ0) is 21.5. The van der Waals surface area contributed by atoms with Crippen molar-refractivity contribution in [2.75, 3.05) is 5.32 Å². The number of carbonyl (C=O) groups is 1. The SMILES string of the molecule is N#C/C(=C/c1cc(Br)ccc1OCc1ccc(Cl)cc1)C(=O)Nc1ccccc1F. The molecule has 0 radical (unpaired) electrons. The third kappa shape index (κ3) is 5.69. The van der Waals surface area contributed by atoms with Crippen molar-refractivity contribution in [3.8, 4) is 11.8 Å². The van der Waals surface area contributed by atoms with Gasteiger partial charge in [-0.05, 0) is 54.1 Å². The van der Waals surface area contributed by atoms with Crippen LogP contribution in [0, 0.1) is 17.1 Å². The molecular formula is C23H15BrClFN2O2. The number of hydrogen-bond acceptors (Lipinski definition) is 3. The van der Waals surface area contributed by atoms with Crippen molar-refractivity contribution in [3.05, 3.63) is 98.7 Å². The van der Waals surface area contributed by atoms with Gasteiger partial charge in [-0.15, -0.1) is 0 Å². The first-order valence-electron chi connectivity index (χ1n) is 8.81. The van der Waals surface area contributed by atoms with Gasteiger partial charge in [-0.2, -0.15) is 5.26 Å². The van der Waals surface area contributed by atoms with Crippen LogP contribution in [0.4, 0.5) is 10.1 Å². The van der Waals surface area contributed by atoms with E-state index in [0.717, 1.165) is 10.0 Å². The number of nitriles is 1. The number of amides is 1. The summed E-state index contributed by atoms with van der Waals surface area (Å²) in [5.41, 5.74) is 1.25. The fourth-order valence-electron chi connectivity index (χ4n) is 2.56. The molecule has 30 heavy (non-hydrogen) atoms. The lowest BCUT2D eigenvalue weighted by molar-refractivity contribution is -0.112. The van der Waals surface area contributed by atoms with Crippen molar-refractivity contribution >= 4 is 45.2 Å². The Balaban J connectivity index is 1.83. The van der Waals surface area contributed by atoms with E-state index in [1.165, 1.54) is 24.3 Å². The number of carbonyl (C=O) groups excluding carboxylic acids is 1. The van der Waals surface area contributed by atoms with Crippen LogP contribution in [0.25, 0.3) is 6.08 Å². The van der Waals surface area contributed by atoms with Gasteiger partial charge in [0.1, 0.15) is 29.8 Å². The molecule has 150 valence electrons. The summed E-state index contributed by atoms with van der Waals surface area (Å²) in [4.78, 5) is 12.5. The second kappa shape index (κ2) is 10.1. The van der Waals surface area contributed by atoms with E-state index >= 15 is 0 Å². The van der Waals surface area contributed by atoms with E-state index in [-0.39, 0.29) is 17.9 Å². The number of nitrogens with one attached hydrogen (secondary N) is 1. The van der Waals surface area contributed by atoms with Gasteiger partial charge in [0.25, 0.3) is 5.91 Å². The van der Waals surface area contributed by atoms with E-state index in [1.807, 2.05) is 18.2 Å². The zero-order valence-electron chi connectivity index (χ0n) is 15.5. The smallest absolute Gasteiger partial charge is 0.266 e. The molecule has 0 aromatic heterocycles. The maximum absolute atomic E-state index is 13.8. The molecule has 0 saturated heterocycles. The Kier molecular flexibility index (Phi) is 7.23. The van der Waals surface area contributed by atoms with E-state index in [0.29, 0.717) is 16.3 Å². The highest BCUT2D eigenvalue weighted by atomic mass is 79.9. The number of nitrogens with zero attached hydrogens (tertiary/aromatic N) is 1. The molecular weight excluding hydrogens is 471 g/mol. The summed E-state index contributed by atoms with van der Waals surface area (Å²) in [7, 11) is 0. The number of halogens is 3. The van der Waals surface area contributed by atoms with Crippen LogP contribution < -0.4 is 10.1 Å². The average molecular weight is 486 g/mol. The minimum absolute atomic E-state index is 0.00268. The minimum Gasteiger partial charge on any atom is -0.488 e. The first-order chi connectivity index (χ1) is 14.5. The van der Waals surface area contributed by atoms with Crippen LogP contribution in [0.1, 0.15) is 11.1 Å². The van der Waals surface area contributed by atoms with E-state index in [2.05, 4.69) is 21.2 Å². The number of ether oxygens (including phenoxy) is 1. The van der Waals surface area contributed by atoms with Gasteiger partial charge in [-0.25, -0.2) is 4.39 Å². The Hall–Kier alpha value is -3.14. The highest BCUT2D eigenvalue weighted by Crippen LogP contribution is 2.27. The van der Waals surface area contributed by atoms with Crippen LogP contribution in [0.5, 0.6) is 5.75 Å². The molecule has 3 aromatic carbocycles. The molecule has 3 aromatic rings. The predicted molar refractivity (Wildman–Crippen MR) is 119 cm³/mol. The molecule has 0 aliphatic rings. The lowest BCUT2D eigenvalue weighted by Crippen LogP contribution is -2.14. The van der Waals surface area contributed by atoms with Gasteiger partial charge in [-0.3, -0.25) is 4.79 Å². The van der Waals surface area contributed by atoms with E-state index in [1.54, 1.807) is 36.4 Å². The van der Waals surface area contributed by atoms with E-state index < -0.39 is 11.7 Å². The highest BCUT2D eigenvalue weighted by Gasteiger charge is 2.13. The standard InChI is InChI=1S/C23H15BrClFN2O2/c24-18-7-10-22(30-14-15-5-8-19(25)9-6-15)16(12-18)11-17(13-27)23(29)28-21-4-2-1-3-20(21)26/h1-12H,14H2,(H,28,29)/b17-11-. The molecule has 4 nitrogen and oxygen atoms in total. The number of hydrogen-bond donors (Lipinski definition) is 1. The summed E-state index contributed by atoms with van der Waals surface area (Å²) in [6.07, 6.45) is 1.40. The van der Waals surface area contributed by atoms with Crippen LogP contribution in [0.15, 0.2) is 76.8 Å². The molecule has 7 heteroatoms. The number of para-hydroxylation sites is 1. The molecule has 0 spiro atoms. The van der Waals surface area contributed by atoms with Crippen LogP contribution in [-0.2, 0) is 11.4 Å². The molecule has 1 N–H and O–H groups in total. The fourth-order valence-corrected chi connectivity index (χ4v) is 3.07. The Bertz CT molecular complexity index is 1140. The van der Waals surface area contributed by atoms with Gasteiger partial charge in [-0.1, -0.05) is 51.8 Å².